The minimum absolute atomic E-state index is 0. The van der Waals surface area contributed by atoms with E-state index in [-0.39, 0.29) is 57.1 Å². The maximum Gasteiger partial charge on any atom is 1.00 e. The third-order valence-electron chi connectivity index (χ3n) is 0. The molecule has 0 aromatic heterocycles. The first-order chi connectivity index (χ1) is 1.73. The van der Waals surface area contributed by atoms with E-state index in [1.807, 2.05) is 0 Å². The fourth-order valence-electron chi connectivity index (χ4n) is 0. The molecule has 0 aliphatic rings. The van der Waals surface area contributed by atoms with E-state index in [1.54, 1.807) is 0 Å². The molecule has 0 spiro atoms. The molecule has 0 fully saturated rings. The fraction of sp³-hybridized carbons (Fsp3) is 0. The van der Waals surface area contributed by atoms with E-state index >= 15 is 0 Å². The van der Waals surface area contributed by atoms with E-state index in [0.717, 1.165) is 0 Å². The molecule has 0 saturated heterocycles. The molecule has 0 bridgehead atoms. The SMILES string of the molecule is O=[Si](O)O.[AlH3].[H-].[Li+].[Zn]. The number of hydrogen-bond acceptors (Lipinski definition) is 1. The maximum absolute atomic E-state index is 8.74. The minimum Gasteiger partial charge on any atom is -1.00 e. The van der Waals surface area contributed by atoms with Crippen LogP contribution >= 0.6 is 0 Å². The molecule has 0 aliphatic carbocycles. The minimum atomic E-state index is -3.13. The Balaban J connectivity index is -0.00000000750. The van der Waals surface area contributed by atoms with Gasteiger partial charge >= 0.3 is 28.0 Å². The molecular weight excluding hydrogens is 175 g/mol. The zero-order valence-corrected chi connectivity index (χ0v) is 7.48. The van der Waals surface area contributed by atoms with Crippen LogP contribution in [-0.4, -0.2) is 36.1 Å². The predicted octanol–water partition coefficient (Wildman–Crippen LogP) is -5.68. The molecule has 2 N–H and O–H groups in total. The van der Waals surface area contributed by atoms with Crippen molar-refractivity contribution in [2.75, 3.05) is 0 Å². The van der Waals surface area contributed by atoms with Crippen LogP contribution in [0.2, 0.25) is 0 Å². The average molecular weight is 181 g/mol. The van der Waals surface area contributed by atoms with Gasteiger partial charge in [-0.1, -0.05) is 0 Å². The Morgan fingerprint density at radius 3 is 1.43 bits per heavy atom. The van der Waals surface area contributed by atoms with E-state index in [2.05, 4.69) is 0 Å². The van der Waals surface area contributed by atoms with Gasteiger partial charge in [-0.25, -0.2) is 0 Å². The van der Waals surface area contributed by atoms with Crippen molar-refractivity contribution in [1.29, 1.82) is 0 Å². The molecule has 0 heterocycles. The van der Waals surface area contributed by atoms with Gasteiger partial charge in [0.2, 0.25) is 0 Å². The fourth-order valence-corrected chi connectivity index (χ4v) is 0. The van der Waals surface area contributed by atoms with Gasteiger partial charge in [0.1, 0.15) is 0 Å². The van der Waals surface area contributed by atoms with Crippen LogP contribution in [0.3, 0.4) is 0 Å². The Morgan fingerprint density at radius 2 is 1.43 bits per heavy atom. The quantitative estimate of drug-likeness (QED) is 0.366. The molecule has 0 unspecified atom stereocenters. The molecule has 0 aliphatic heterocycles. The number of hydrogen-bond donors (Lipinski definition) is 2. The molecule has 0 radical (unpaired) electrons. The van der Waals surface area contributed by atoms with Crippen LogP contribution in [0.1, 0.15) is 1.43 Å². The van der Waals surface area contributed by atoms with Crippen LogP contribution in [-0.2, 0) is 23.9 Å². The molecule has 0 aromatic carbocycles. The second-order valence-electron chi connectivity index (χ2n) is 0.283. The van der Waals surface area contributed by atoms with Crippen LogP contribution in [0.4, 0.5) is 0 Å². The summed E-state index contributed by atoms with van der Waals surface area (Å²) in [6, 6.07) is 0. The standard InChI is InChI=1S/Al.Li.H2O3Si.Zn.4H/c;;1-4(2)3;;;;;/h;;1-2H;;;;;/q;+1;;;;;;-1. The molecule has 34 valence electrons. The summed E-state index contributed by atoms with van der Waals surface area (Å²) in [5.41, 5.74) is 0. The van der Waals surface area contributed by atoms with Gasteiger partial charge < -0.3 is 11.0 Å². The Morgan fingerprint density at radius 1 is 1.43 bits per heavy atom. The van der Waals surface area contributed by atoms with Gasteiger partial charge in [0, 0.05) is 19.5 Å². The van der Waals surface area contributed by atoms with Crippen molar-refractivity contribution < 1.29 is 53.8 Å². The van der Waals surface area contributed by atoms with Crippen molar-refractivity contribution in [3.8, 4) is 0 Å². The summed E-state index contributed by atoms with van der Waals surface area (Å²) in [6.07, 6.45) is 0. The van der Waals surface area contributed by atoms with Gasteiger partial charge in [-0.3, -0.25) is 4.46 Å². The van der Waals surface area contributed by atoms with E-state index in [0.29, 0.717) is 0 Å². The average Bonchev–Trinajstić information content (AvgIpc) is 0.811. The molecule has 3 nitrogen and oxygen atoms in total. The van der Waals surface area contributed by atoms with Crippen LogP contribution < -0.4 is 18.9 Å². The largest absolute Gasteiger partial charge is 1.00 e. The molecule has 7 heavy (non-hydrogen) atoms. The van der Waals surface area contributed by atoms with Gasteiger partial charge in [-0.2, -0.15) is 0 Å². The van der Waals surface area contributed by atoms with Crippen LogP contribution in [0.15, 0.2) is 0 Å². The van der Waals surface area contributed by atoms with Crippen molar-refractivity contribution in [2.45, 2.75) is 0 Å². The summed E-state index contributed by atoms with van der Waals surface area (Å²) >= 11 is 0. The molecule has 0 saturated carbocycles. The maximum atomic E-state index is 8.74. The van der Waals surface area contributed by atoms with Crippen molar-refractivity contribution in [1.82, 2.24) is 0 Å². The Kier molecular flexibility index (Phi) is 53.3. The second-order valence-corrected chi connectivity index (χ2v) is 0.848. The molecule has 0 atom stereocenters. The molecule has 7 heteroatoms. The zero-order valence-electron chi connectivity index (χ0n) is 4.51. The second kappa shape index (κ2) is 15.7. The van der Waals surface area contributed by atoms with Crippen molar-refractivity contribution >= 4 is 26.5 Å². The van der Waals surface area contributed by atoms with E-state index in [1.165, 1.54) is 0 Å². The summed E-state index contributed by atoms with van der Waals surface area (Å²) in [6.45, 7) is 0. The predicted molar refractivity (Wildman–Crippen MR) is 21.9 cm³/mol. The van der Waals surface area contributed by atoms with E-state index < -0.39 is 9.17 Å². The van der Waals surface area contributed by atoms with Crippen LogP contribution in [0, 0.1) is 0 Å². The summed E-state index contributed by atoms with van der Waals surface area (Å²) in [5.74, 6) is 0. The van der Waals surface area contributed by atoms with Gasteiger partial charge in [0.05, 0.1) is 0 Å². The Labute approximate surface area is 80.0 Å². The Bertz CT molecular complexity index is 42.3. The summed E-state index contributed by atoms with van der Waals surface area (Å²) < 4.78 is 8.74. The molecule has 0 aromatic rings. The first kappa shape index (κ1) is 23.8. The van der Waals surface area contributed by atoms with Crippen molar-refractivity contribution in [2.24, 2.45) is 0 Å². The Hall–Kier alpha value is 1.37. The smallest absolute Gasteiger partial charge is 1.00 e. The molecule has 0 amide bonds. The normalized spacial score (nSPS) is 3.43. The molecule has 0 rings (SSSR count). The van der Waals surface area contributed by atoms with Gasteiger partial charge in [0.25, 0.3) is 0 Å². The van der Waals surface area contributed by atoms with Gasteiger partial charge in [-0.15, -0.1) is 0 Å². The molecular formula is H6AlLiO3SiZn. The summed E-state index contributed by atoms with van der Waals surface area (Å²) in [4.78, 5) is 14.3. The third-order valence-corrected chi connectivity index (χ3v) is 0. The topological polar surface area (TPSA) is 57.5 Å². The first-order valence-electron chi connectivity index (χ1n) is 0.651. The zero-order chi connectivity index (χ0) is 3.58. The van der Waals surface area contributed by atoms with E-state index in [4.69, 9.17) is 14.1 Å². The monoisotopic (exact) mass is 180 g/mol. The first-order valence-corrected chi connectivity index (χ1v) is 1.95. The van der Waals surface area contributed by atoms with Crippen molar-refractivity contribution in [3.63, 3.8) is 0 Å². The van der Waals surface area contributed by atoms with Gasteiger partial charge in [-0.05, 0) is 0 Å². The van der Waals surface area contributed by atoms with Gasteiger partial charge in [0.15, 0.2) is 17.4 Å². The third kappa shape index (κ3) is 113. The van der Waals surface area contributed by atoms with Crippen LogP contribution in [0.5, 0.6) is 0 Å². The van der Waals surface area contributed by atoms with Crippen molar-refractivity contribution in [3.05, 3.63) is 0 Å². The van der Waals surface area contributed by atoms with E-state index in [9.17, 15) is 0 Å². The summed E-state index contributed by atoms with van der Waals surface area (Å²) in [7, 11) is -3.13. The summed E-state index contributed by atoms with van der Waals surface area (Å²) in [5, 5.41) is 0. The number of rotatable bonds is 0. The van der Waals surface area contributed by atoms with Crippen LogP contribution in [0.25, 0.3) is 0 Å².